The maximum absolute atomic E-state index is 13.4. The first-order chi connectivity index (χ1) is 7.68. The lowest BCUT2D eigenvalue weighted by atomic mass is 10.2. The number of halogens is 1. The molecule has 0 atom stereocenters. The molecule has 0 aliphatic heterocycles. The molecule has 1 amide bonds. The number of amides is 1. The summed E-state index contributed by atoms with van der Waals surface area (Å²) in [4.78, 5) is 14.8. The largest absolute Gasteiger partial charge is 0.363 e. The maximum atomic E-state index is 13.4. The molecule has 0 unspecified atom stereocenters. The molecule has 1 heterocycles. The number of carbonyl (C=O) groups is 1. The van der Waals surface area contributed by atoms with E-state index in [1.165, 1.54) is 16.8 Å². The Bertz CT molecular complexity index is 521. The second-order valence-electron chi connectivity index (χ2n) is 3.33. The predicted molar refractivity (Wildman–Crippen MR) is 56.2 cm³/mol. The van der Waals surface area contributed by atoms with Crippen molar-refractivity contribution in [3.63, 3.8) is 0 Å². The van der Waals surface area contributed by atoms with E-state index in [1.807, 2.05) is 0 Å². The van der Waals surface area contributed by atoms with Crippen molar-refractivity contribution in [2.45, 2.75) is 6.54 Å². The molecule has 0 bridgehead atoms. The Morgan fingerprint density at radius 1 is 1.44 bits per heavy atom. The minimum Gasteiger partial charge on any atom is -0.363 e. The van der Waals surface area contributed by atoms with E-state index in [-0.39, 0.29) is 18.2 Å². The Morgan fingerprint density at radius 2 is 2.19 bits per heavy atom. The normalized spacial score (nSPS) is 10.3. The monoisotopic (exact) mass is 219 g/mol. The molecule has 2 aromatic rings. The van der Waals surface area contributed by atoms with Gasteiger partial charge in [0.1, 0.15) is 5.82 Å². The molecular weight excluding hydrogens is 209 g/mol. The van der Waals surface area contributed by atoms with Gasteiger partial charge >= 0.3 is 0 Å². The summed E-state index contributed by atoms with van der Waals surface area (Å²) < 4.78 is 14.9. The topological polar surface area (TPSA) is 60.9 Å². The van der Waals surface area contributed by atoms with Crippen LogP contribution in [-0.2, 0) is 6.54 Å². The van der Waals surface area contributed by atoms with Crippen LogP contribution in [0.3, 0.4) is 0 Å². The molecule has 16 heavy (non-hydrogen) atoms. The third kappa shape index (κ3) is 1.93. The third-order valence-electron chi connectivity index (χ3n) is 2.23. The van der Waals surface area contributed by atoms with Crippen LogP contribution >= 0.6 is 0 Å². The Labute approximate surface area is 91.5 Å². The smallest absolute Gasteiger partial charge is 0.284 e. The van der Waals surface area contributed by atoms with Crippen LogP contribution in [0.2, 0.25) is 0 Å². The predicted octanol–water partition coefficient (Wildman–Crippen LogP) is 1.17. The van der Waals surface area contributed by atoms with Gasteiger partial charge in [0.25, 0.3) is 5.91 Å². The first-order valence-electron chi connectivity index (χ1n) is 4.73. The van der Waals surface area contributed by atoms with Gasteiger partial charge in [-0.25, -0.2) is 9.37 Å². The van der Waals surface area contributed by atoms with E-state index in [2.05, 4.69) is 4.98 Å². The van der Waals surface area contributed by atoms with E-state index in [4.69, 9.17) is 5.73 Å². The molecular formula is C11H10FN3O. The molecule has 1 aromatic heterocycles. The second-order valence-corrected chi connectivity index (χ2v) is 3.33. The minimum atomic E-state index is -0.624. The van der Waals surface area contributed by atoms with Crippen molar-refractivity contribution >= 4 is 5.91 Å². The highest BCUT2D eigenvalue weighted by atomic mass is 19.1. The number of benzene rings is 1. The number of carbonyl (C=O) groups excluding carboxylic acids is 1. The average molecular weight is 219 g/mol. The highest BCUT2D eigenvalue weighted by Crippen LogP contribution is 2.09. The van der Waals surface area contributed by atoms with Crippen LogP contribution in [0, 0.1) is 5.82 Å². The molecule has 0 saturated carbocycles. The number of nitrogens with two attached hydrogens (primary N) is 1. The first-order valence-corrected chi connectivity index (χ1v) is 4.73. The summed E-state index contributed by atoms with van der Waals surface area (Å²) in [5.74, 6) is -0.809. The molecule has 0 spiro atoms. The zero-order valence-electron chi connectivity index (χ0n) is 8.43. The number of hydrogen-bond donors (Lipinski definition) is 1. The van der Waals surface area contributed by atoms with Crippen LogP contribution in [0.5, 0.6) is 0 Å². The number of hydrogen-bond acceptors (Lipinski definition) is 2. The third-order valence-corrected chi connectivity index (χ3v) is 2.23. The molecule has 1 aromatic carbocycles. The van der Waals surface area contributed by atoms with Crippen molar-refractivity contribution in [1.82, 2.24) is 9.55 Å². The van der Waals surface area contributed by atoms with Crippen LogP contribution in [0.1, 0.15) is 16.2 Å². The molecule has 0 fully saturated rings. The standard InChI is InChI=1S/C11H10FN3O/c12-9-4-2-1-3-8(9)7-15-6-5-14-11(15)10(13)16/h1-6H,7H2,(H2,13,16). The Hall–Kier alpha value is -2.17. The number of primary amides is 1. The van der Waals surface area contributed by atoms with Gasteiger partial charge in [-0.15, -0.1) is 0 Å². The molecule has 4 nitrogen and oxygen atoms in total. The van der Waals surface area contributed by atoms with Crippen LogP contribution in [0.25, 0.3) is 0 Å². The fraction of sp³-hybridized carbons (Fsp3) is 0.0909. The van der Waals surface area contributed by atoms with E-state index in [0.717, 1.165) is 0 Å². The van der Waals surface area contributed by atoms with Crippen molar-refractivity contribution in [2.24, 2.45) is 5.73 Å². The lowest BCUT2D eigenvalue weighted by Gasteiger charge is -2.06. The van der Waals surface area contributed by atoms with E-state index in [1.54, 1.807) is 24.4 Å². The quantitative estimate of drug-likeness (QED) is 0.842. The van der Waals surface area contributed by atoms with Crippen LogP contribution in [0.15, 0.2) is 36.7 Å². The summed E-state index contributed by atoms with van der Waals surface area (Å²) in [7, 11) is 0. The lowest BCUT2D eigenvalue weighted by Crippen LogP contribution is -2.18. The van der Waals surface area contributed by atoms with Gasteiger partial charge < -0.3 is 10.3 Å². The molecule has 2 rings (SSSR count). The van der Waals surface area contributed by atoms with Crippen molar-refractivity contribution < 1.29 is 9.18 Å². The Morgan fingerprint density at radius 3 is 2.88 bits per heavy atom. The van der Waals surface area contributed by atoms with Gasteiger partial charge in [-0.1, -0.05) is 18.2 Å². The molecule has 0 aliphatic carbocycles. The van der Waals surface area contributed by atoms with Gasteiger partial charge in [0.2, 0.25) is 0 Å². The van der Waals surface area contributed by atoms with Crippen LogP contribution in [0.4, 0.5) is 4.39 Å². The molecule has 82 valence electrons. The highest BCUT2D eigenvalue weighted by molar-refractivity contribution is 5.89. The van der Waals surface area contributed by atoms with Crippen molar-refractivity contribution in [3.05, 3.63) is 53.9 Å². The fourth-order valence-electron chi connectivity index (χ4n) is 1.47. The van der Waals surface area contributed by atoms with Crippen LogP contribution < -0.4 is 5.73 Å². The molecule has 0 saturated heterocycles. The number of rotatable bonds is 3. The summed E-state index contributed by atoms with van der Waals surface area (Å²) in [6, 6.07) is 6.37. The van der Waals surface area contributed by atoms with Crippen molar-refractivity contribution in [3.8, 4) is 0 Å². The van der Waals surface area contributed by atoms with Gasteiger partial charge in [-0.2, -0.15) is 0 Å². The first kappa shape index (κ1) is 10.4. The van der Waals surface area contributed by atoms with E-state index in [0.29, 0.717) is 5.56 Å². The summed E-state index contributed by atoms with van der Waals surface area (Å²) in [5.41, 5.74) is 5.62. The van der Waals surface area contributed by atoms with Crippen molar-refractivity contribution in [1.29, 1.82) is 0 Å². The Balaban J connectivity index is 2.31. The zero-order valence-corrected chi connectivity index (χ0v) is 8.43. The van der Waals surface area contributed by atoms with E-state index < -0.39 is 5.91 Å². The SMILES string of the molecule is NC(=O)c1nccn1Cc1ccccc1F. The summed E-state index contributed by atoms with van der Waals surface area (Å²) in [6.45, 7) is 0.241. The molecule has 2 N–H and O–H groups in total. The highest BCUT2D eigenvalue weighted by Gasteiger charge is 2.10. The zero-order chi connectivity index (χ0) is 11.5. The average Bonchev–Trinajstić information content (AvgIpc) is 2.69. The summed E-state index contributed by atoms with van der Waals surface area (Å²) in [5, 5.41) is 0. The molecule has 0 radical (unpaired) electrons. The summed E-state index contributed by atoms with van der Waals surface area (Å²) >= 11 is 0. The van der Waals surface area contributed by atoms with E-state index >= 15 is 0 Å². The van der Waals surface area contributed by atoms with Gasteiger partial charge in [-0.05, 0) is 6.07 Å². The summed E-state index contributed by atoms with van der Waals surface area (Å²) in [6.07, 6.45) is 3.05. The second kappa shape index (κ2) is 4.14. The van der Waals surface area contributed by atoms with Crippen LogP contribution in [-0.4, -0.2) is 15.5 Å². The van der Waals surface area contributed by atoms with E-state index in [9.17, 15) is 9.18 Å². The Kier molecular flexibility index (Phi) is 2.68. The fourth-order valence-corrected chi connectivity index (χ4v) is 1.47. The number of aromatic nitrogens is 2. The number of nitrogens with zero attached hydrogens (tertiary/aromatic N) is 2. The minimum absolute atomic E-state index is 0.128. The van der Waals surface area contributed by atoms with Gasteiger partial charge in [-0.3, -0.25) is 4.79 Å². The van der Waals surface area contributed by atoms with Crippen molar-refractivity contribution in [2.75, 3.05) is 0 Å². The maximum Gasteiger partial charge on any atom is 0.284 e. The molecule has 5 heteroatoms. The number of imidazole rings is 1. The molecule has 0 aliphatic rings. The van der Waals surface area contributed by atoms with Gasteiger partial charge in [0.05, 0.1) is 6.54 Å². The lowest BCUT2D eigenvalue weighted by molar-refractivity contribution is 0.0987. The van der Waals surface area contributed by atoms with Gasteiger partial charge in [0, 0.05) is 18.0 Å². The van der Waals surface area contributed by atoms with Gasteiger partial charge in [0.15, 0.2) is 5.82 Å².